The van der Waals surface area contributed by atoms with Gasteiger partial charge in [0.25, 0.3) is 0 Å². The first kappa shape index (κ1) is 28.0. The Labute approximate surface area is 223 Å². The van der Waals surface area contributed by atoms with Crippen LogP contribution >= 0.6 is 0 Å². The molecule has 0 unspecified atom stereocenters. The van der Waals surface area contributed by atoms with Gasteiger partial charge in [0.1, 0.15) is 6.10 Å². The average molecular weight is 497 g/mol. The van der Waals surface area contributed by atoms with Gasteiger partial charge in [-0.25, -0.2) is 0 Å². The summed E-state index contributed by atoms with van der Waals surface area (Å²) in [7, 11) is 0. The van der Waals surface area contributed by atoms with Crippen LogP contribution in [0.4, 0.5) is 0 Å². The number of allylic oxidation sites excluding steroid dienone is 3. The Balaban J connectivity index is 1.42. The van der Waals surface area contributed by atoms with Crippen LogP contribution in [0.25, 0.3) is 0 Å². The molecule has 0 radical (unpaired) electrons. The molecule has 4 aliphatic carbocycles. The van der Waals surface area contributed by atoms with Crippen LogP contribution in [-0.2, 0) is 9.53 Å². The summed E-state index contributed by atoms with van der Waals surface area (Å²) in [5.41, 5.74) is 4.14. The van der Waals surface area contributed by atoms with Gasteiger partial charge in [-0.2, -0.15) is 0 Å². The van der Waals surface area contributed by atoms with E-state index in [1.807, 2.05) is 0 Å². The molecule has 0 saturated heterocycles. The number of carbonyl (C=O) groups is 1. The third kappa shape index (κ3) is 5.26. The quantitative estimate of drug-likeness (QED) is 0.234. The Morgan fingerprint density at radius 1 is 1.08 bits per heavy atom. The van der Waals surface area contributed by atoms with Crippen LogP contribution in [0.2, 0.25) is 0 Å². The number of hydrogen-bond acceptors (Lipinski definition) is 2. The lowest BCUT2D eigenvalue weighted by molar-refractivity contribution is -0.151. The molecule has 4 aliphatic rings. The minimum Gasteiger partial charge on any atom is -0.462 e. The van der Waals surface area contributed by atoms with Crippen LogP contribution in [0, 0.1) is 46.3 Å². The molecule has 3 saturated carbocycles. The van der Waals surface area contributed by atoms with E-state index in [1.165, 1.54) is 51.4 Å². The Morgan fingerprint density at radius 2 is 1.86 bits per heavy atom. The van der Waals surface area contributed by atoms with E-state index in [2.05, 4.69) is 60.6 Å². The van der Waals surface area contributed by atoms with Crippen molar-refractivity contribution in [2.75, 3.05) is 0 Å². The monoisotopic (exact) mass is 496 g/mol. The molecule has 0 aromatic carbocycles. The maximum absolute atomic E-state index is 12.3. The van der Waals surface area contributed by atoms with Gasteiger partial charge in [-0.3, -0.25) is 4.79 Å². The van der Waals surface area contributed by atoms with Crippen molar-refractivity contribution in [3.8, 4) is 0 Å². The number of rotatable bonds is 9. The van der Waals surface area contributed by atoms with Crippen LogP contribution < -0.4 is 0 Å². The molecule has 0 aliphatic heterocycles. The molecule has 8 atom stereocenters. The predicted molar refractivity (Wildman–Crippen MR) is 152 cm³/mol. The van der Waals surface area contributed by atoms with Crippen molar-refractivity contribution < 1.29 is 9.53 Å². The van der Waals surface area contributed by atoms with Crippen LogP contribution in [0.1, 0.15) is 132 Å². The Morgan fingerprint density at radius 3 is 2.56 bits per heavy atom. The van der Waals surface area contributed by atoms with Crippen LogP contribution in [0.3, 0.4) is 0 Å². The van der Waals surface area contributed by atoms with Crippen molar-refractivity contribution in [1.29, 1.82) is 0 Å². The molecule has 0 aromatic heterocycles. The summed E-state index contributed by atoms with van der Waals surface area (Å²) in [4.78, 5) is 12.3. The summed E-state index contributed by atoms with van der Waals surface area (Å²) in [5.74, 6) is 5.02. The third-order valence-corrected chi connectivity index (χ3v) is 11.9. The lowest BCUT2D eigenvalue weighted by Gasteiger charge is -2.58. The van der Waals surface area contributed by atoms with E-state index >= 15 is 0 Å². The van der Waals surface area contributed by atoms with E-state index in [4.69, 9.17) is 4.74 Å². The van der Waals surface area contributed by atoms with E-state index in [9.17, 15) is 4.79 Å². The van der Waals surface area contributed by atoms with Crippen molar-refractivity contribution >= 4 is 5.97 Å². The molecule has 0 N–H and O–H groups in total. The van der Waals surface area contributed by atoms with Crippen LogP contribution in [0.15, 0.2) is 23.3 Å². The highest BCUT2D eigenvalue weighted by Gasteiger charge is 2.59. The predicted octanol–water partition coefficient (Wildman–Crippen LogP) is 9.69. The van der Waals surface area contributed by atoms with Gasteiger partial charge in [-0.1, -0.05) is 71.3 Å². The molecule has 204 valence electrons. The molecule has 0 amide bonds. The van der Waals surface area contributed by atoms with Crippen LogP contribution in [-0.4, -0.2) is 12.1 Å². The fourth-order valence-corrected chi connectivity index (χ4v) is 9.63. The second-order valence-electron chi connectivity index (χ2n) is 14.0. The Kier molecular flexibility index (Phi) is 8.83. The van der Waals surface area contributed by atoms with Gasteiger partial charge in [0.05, 0.1) is 0 Å². The molecule has 2 nitrogen and oxygen atoms in total. The maximum atomic E-state index is 12.3. The molecule has 2 heteroatoms. The van der Waals surface area contributed by atoms with Gasteiger partial charge >= 0.3 is 5.97 Å². The number of unbranched alkanes of at least 4 members (excludes halogenated alkanes) is 1. The smallest absolute Gasteiger partial charge is 0.306 e. The van der Waals surface area contributed by atoms with Crippen molar-refractivity contribution in [2.45, 2.75) is 138 Å². The van der Waals surface area contributed by atoms with Gasteiger partial charge in [-0.05, 0) is 117 Å². The first-order chi connectivity index (χ1) is 17.1. The number of carbonyl (C=O) groups excluding carboxylic acids is 1. The highest BCUT2D eigenvalue weighted by molar-refractivity contribution is 5.69. The molecule has 3 fully saturated rings. The number of fused-ring (bicyclic) bond motifs is 5. The summed E-state index contributed by atoms with van der Waals surface area (Å²) >= 11 is 0. The minimum absolute atomic E-state index is 0.0224. The third-order valence-electron chi connectivity index (χ3n) is 11.9. The minimum atomic E-state index is 0.0224. The molecular formula is C34H56O2. The molecule has 0 heterocycles. The number of esters is 1. The van der Waals surface area contributed by atoms with Crippen molar-refractivity contribution in [3.63, 3.8) is 0 Å². The normalized spacial score (nSPS) is 39.2. The Bertz CT molecular complexity index is 836. The second-order valence-corrected chi connectivity index (χ2v) is 14.0. The van der Waals surface area contributed by atoms with Crippen LogP contribution in [0.5, 0.6) is 0 Å². The molecule has 0 bridgehead atoms. The molecule has 36 heavy (non-hydrogen) atoms. The summed E-state index contributed by atoms with van der Waals surface area (Å²) in [6.07, 6.45) is 20.6. The van der Waals surface area contributed by atoms with E-state index in [1.54, 1.807) is 11.1 Å². The first-order valence-electron chi connectivity index (χ1n) is 15.7. The van der Waals surface area contributed by atoms with E-state index in [0.717, 1.165) is 55.3 Å². The van der Waals surface area contributed by atoms with E-state index in [-0.39, 0.29) is 12.1 Å². The van der Waals surface area contributed by atoms with E-state index in [0.29, 0.717) is 23.2 Å². The average Bonchev–Trinajstić information content (AvgIpc) is 3.20. The first-order valence-corrected chi connectivity index (χ1v) is 15.7. The van der Waals surface area contributed by atoms with Crippen molar-refractivity contribution in [3.05, 3.63) is 23.3 Å². The topological polar surface area (TPSA) is 26.3 Å². The highest BCUT2D eigenvalue weighted by atomic mass is 16.5. The molecule has 0 aromatic rings. The highest BCUT2D eigenvalue weighted by Crippen LogP contribution is 2.67. The van der Waals surface area contributed by atoms with Gasteiger partial charge < -0.3 is 4.74 Å². The van der Waals surface area contributed by atoms with E-state index < -0.39 is 0 Å². The van der Waals surface area contributed by atoms with Crippen molar-refractivity contribution in [2.24, 2.45) is 46.3 Å². The SMILES string of the molecule is C/C=C(\CC[C@@H](C)[C@H]1CC[C@H]2[C@@H]3CC=C4C[C@@H](OC(=O)CCCC)CC[C@]4(C)[C@H]3CC[C@]12C)C(C)C. The Hall–Kier alpha value is -1.05. The largest absolute Gasteiger partial charge is 0.462 e. The van der Waals surface area contributed by atoms with Gasteiger partial charge in [0, 0.05) is 12.8 Å². The summed E-state index contributed by atoms with van der Waals surface area (Å²) < 4.78 is 5.93. The fraction of sp³-hybridized carbons (Fsp3) is 0.853. The zero-order chi connectivity index (χ0) is 26.1. The van der Waals surface area contributed by atoms with Crippen molar-refractivity contribution in [1.82, 2.24) is 0 Å². The number of ether oxygens (including phenoxy) is 1. The van der Waals surface area contributed by atoms with Gasteiger partial charge in [0.2, 0.25) is 0 Å². The van der Waals surface area contributed by atoms with Gasteiger partial charge in [0.15, 0.2) is 0 Å². The zero-order valence-electron chi connectivity index (χ0n) is 24.7. The zero-order valence-corrected chi connectivity index (χ0v) is 24.7. The lowest BCUT2D eigenvalue weighted by Crippen LogP contribution is -2.51. The molecule has 4 rings (SSSR count). The fourth-order valence-electron chi connectivity index (χ4n) is 9.63. The second kappa shape index (κ2) is 11.4. The maximum Gasteiger partial charge on any atom is 0.306 e. The molecular weight excluding hydrogens is 440 g/mol. The van der Waals surface area contributed by atoms with Gasteiger partial charge in [-0.15, -0.1) is 0 Å². The number of hydrogen-bond donors (Lipinski definition) is 0. The summed E-state index contributed by atoms with van der Waals surface area (Å²) in [6, 6.07) is 0. The molecule has 0 spiro atoms. The standard InChI is InChI=1S/C34H56O2/c1-8-10-11-32(35)36-27-18-20-33(6)26(22-27)14-15-28-30-17-16-29(34(30,7)21-19-31(28)33)24(5)12-13-25(9-2)23(3)4/h9,14,23-24,27-31H,8,10-13,15-22H2,1-7H3/b25-9+/t24-,27+,28+,29-,30+,31+,33+,34-/m1/s1. The summed E-state index contributed by atoms with van der Waals surface area (Å²) in [6.45, 7) is 16.9. The lowest BCUT2D eigenvalue weighted by atomic mass is 9.47. The summed E-state index contributed by atoms with van der Waals surface area (Å²) in [5, 5.41) is 0.